The van der Waals surface area contributed by atoms with Gasteiger partial charge in [-0.05, 0) is 29.8 Å². The summed E-state index contributed by atoms with van der Waals surface area (Å²) in [5.41, 5.74) is -0.140. The molecule has 1 aliphatic rings. The number of anilines is 1. The number of nitrogens with one attached hydrogen (secondary N) is 1. The lowest BCUT2D eigenvalue weighted by Crippen LogP contribution is -2.49. The highest BCUT2D eigenvalue weighted by Crippen LogP contribution is 2.18. The number of nitrogens with zero attached hydrogens (tertiary/aromatic N) is 5. The average Bonchev–Trinajstić information content (AvgIpc) is 2.87. The van der Waals surface area contributed by atoms with Gasteiger partial charge < -0.3 is 9.80 Å². The van der Waals surface area contributed by atoms with Crippen molar-refractivity contribution >= 4 is 36.1 Å². The van der Waals surface area contributed by atoms with Crippen molar-refractivity contribution in [2.75, 3.05) is 31.1 Å². The van der Waals surface area contributed by atoms with Gasteiger partial charge in [-0.25, -0.2) is 19.2 Å². The molecule has 0 bridgehead atoms. The second-order valence-electron chi connectivity index (χ2n) is 8.23. The van der Waals surface area contributed by atoms with E-state index in [1.165, 1.54) is 22.8 Å². The molecule has 1 saturated heterocycles. The summed E-state index contributed by atoms with van der Waals surface area (Å²) in [6.45, 7) is 1.86. The van der Waals surface area contributed by atoms with E-state index in [2.05, 4.69) is 15.0 Å². The first kappa shape index (κ1) is 22.5. The molecule has 3 heterocycles. The summed E-state index contributed by atoms with van der Waals surface area (Å²) in [5.74, 6) is -0.483. The van der Waals surface area contributed by atoms with E-state index in [-0.39, 0.29) is 23.0 Å². The van der Waals surface area contributed by atoms with Gasteiger partial charge in [-0.15, -0.1) is 0 Å². The maximum Gasteiger partial charge on any atom is 0.329 e. The largest absolute Gasteiger partial charge is 0.337 e. The monoisotopic (exact) mass is 470 g/mol. The van der Waals surface area contributed by atoms with Crippen LogP contribution in [0.4, 0.5) is 10.3 Å². The van der Waals surface area contributed by atoms with Gasteiger partial charge in [-0.3, -0.25) is 19.1 Å². The van der Waals surface area contributed by atoms with Crippen LogP contribution in [0.2, 0.25) is 0 Å². The smallest absolute Gasteiger partial charge is 0.329 e. The fourth-order valence-electron chi connectivity index (χ4n) is 4.27. The van der Waals surface area contributed by atoms with Gasteiger partial charge in [0, 0.05) is 38.6 Å². The Balaban J connectivity index is 1.40. The Bertz CT molecular complexity index is 1530. The molecule has 1 amide bonds. The first-order valence-electron chi connectivity index (χ1n) is 11.0. The Kier molecular flexibility index (Phi) is 5.90. The van der Waals surface area contributed by atoms with E-state index < -0.39 is 23.0 Å². The van der Waals surface area contributed by atoms with Crippen LogP contribution in [0.3, 0.4) is 0 Å². The number of carbonyl (C=O) groups excluding carboxylic acids is 1. The second-order valence-corrected chi connectivity index (χ2v) is 8.23. The van der Waals surface area contributed by atoms with Crippen LogP contribution < -0.4 is 21.6 Å². The zero-order valence-corrected chi connectivity index (χ0v) is 18.6. The van der Waals surface area contributed by atoms with E-state index in [0.29, 0.717) is 43.2 Å². The molecule has 5 rings (SSSR count). The Labute approximate surface area is 200 Å². The number of aromatic amines is 1. The standard InChI is InChI=1S/C24H20BFN6O3/c25-17-3-1-4-19-20(17)21(33)29-24(35)32(19)14-15-5-6-18(26)16(13-15)22(34)30-9-11-31(12-10-30)23-27-7-2-8-28-23/h1-8,13H,9-12,14H2,(H,29,33,35). The maximum atomic E-state index is 14.7. The average molecular weight is 470 g/mol. The van der Waals surface area contributed by atoms with E-state index in [4.69, 9.17) is 7.85 Å². The molecule has 35 heavy (non-hydrogen) atoms. The van der Waals surface area contributed by atoms with Gasteiger partial charge in [-0.2, -0.15) is 0 Å². The molecule has 1 N–H and O–H groups in total. The first-order valence-corrected chi connectivity index (χ1v) is 11.0. The summed E-state index contributed by atoms with van der Waals surface area (Å²) in [5, 5.41) is 0.200. The van der Waals surface area contributed by atoms with Gasteiger partial charge in [-0.1, -0.05) is 23.7 Å². The zero-order chi connectivity index (χ0) is 24.5. The van der Waals surface area contributed by atoms with E-state index in [1.807, 2.05) is 4.90 Å². The summed E-state index contributed by atoms with van der Waals surface area (Å²) in [6.07, 6.45) is 3.32. The van der Waals surface area contributed by atoms with Crippen molar-refractivity contribution in [3.8, 4) is 0 Å². The molecule has 1 aliphatic heterocycles. The van der Waals surface area contributed by atoms with Crippen LogP contribution >= 0.6 is 0 Å². The SMILES string of the molecule is [B]c1cccc2c1c(=O)[nH]c(=O)n2Cc1ccc(F)c(C(=O)N2CCN(c3ncccn3)CC2)c1. The summed E-state index contributed by atoms with van der Waals surface area (Å²) in [4.78, 5) is 52.2. The fraction of sp³-hybridized carbons (Fsp3) is 0.208. The predicted octanol–water partition coefficient (Wildman–Crippen LogP) is 0.423. The topological polar surface area (TPSA) is 104 Å². The maximum absolute atomic E-state index is 14.7. The van der Waals surface area contributed by atoms with Gasteiger partial charge in [0.25, 0.3) is 11.5 Å². The van der Waals surface area contributed by atoms with Crippen molar-refractivity contribution in [3.63, 3.8) is 0 Å². The van der Waals surface area contributed by atoms with Crippen molar-refractivity contribution in [2.24, 2.45) is 0 Å². The molecular weight excluding hydrogens is 450 g/mol. The minimum atomic E-state index is -0.643. The summed E-state index contributed by atoms with van der Waals surface area (Å²) < 4.78 is 16.0. The number of piperazine rings is 1. The molecule has 2 radical (unpaired) electrons. The van der Waals surface area contributed by atoms with Crippen molar-refractivity contribution in [2.45, 2.75) is 6.54 Å². The number of H-pyrrole nitrogens is 1. The number of carbonyl (C=O) groups is 1. The second kappa shape index (κ2) is 9.17. The lowest BCUT2D eigenvalue weighted by Gasteiger charge is -2.34. The van der Waals surface area contributed by atoms with Crippen molar-refractivity contribution < 1.29 is 9.18 Å². The minimum Gasteiger partial charge on any atom is -0.337 e. The number of benzene rings is 2. The molecule has 9 nitrogen and oxygen atoms in total. The summed E-state index contributed by atoms with van der Waals surface area (Å²) in [6, 6.07) is 10.7. The molecule has 0 unspecified atom stereocenters. The van der Waals surface area contributed by atoms with Crippen molar-refractivity contribution in [3.05, 3.63) is 92.6 Å². The molecule has 2 aromatic heterocycles. The number of hydrogen-bond donors (Lipinski definition) is 1. The summed E-state index contributed by atoms with van der Waals surface area (Å²) in [7, 11) is 5.94. The van der Waals surface area contributed by atoms with Gasteiger partial charge in [0.15, 0.2) is 0 Å². The van der Waals surface area contributed by atoms with Crippen LogP contribution in [0, 0.1) is 5.82 Å². The number of amides is 1. The van der Waals surface area contributed by atoms with Crippen LogP contribution in [0.5, 0.6) is 0 Å². The van der Waals surface area contributed by atoms with Crippen molar-refractivity contribution in [1.29, 1.82) is 0 Å². The van der Waals surface area contributed by atoms with Crippen LogP contribution in [-0.4, -0.2) is 64.4 Å². The molecule has 4 aromatic rings. The number of aromatic nitrogens is 4. The Hall–Kier alpha value is -4.28. The van der Waals surface area contributed by atoms with Gasteiger partial charge in [0.05, 0.1) is 23.0 Å². The van der Waals surface area contributed by atoms with Crippen LogP contribution in [-0.2, 0) is 6.54 Å². The van der Waals surface area contributed by atoms with Crippen LogP contribution in [0.25, 0.3) is 10.9 Å². The molecular formula is C24H20BFN6O3. The lowest BCUT2D eigenvalue weighted by molar-refractivity contribution is 0.0741. The predicted molar refractivity (Wildman–Crippen MR) is 130 cm³/mol. The lowest BCUT2D eigenvalue weighted by atomic mass is 9.92. The highest BCUT2D eigenvalue weighted by atomic mass is 19.1. The van der Waals surface area contributed by atoms with Crippen LogP contribution in [0.15, 0.2) is 64.4 Å². The molecule has 0 saturated carbocycles. The van der Waals surface area contributed by atoms with E-state index in [1.54, 1.807) is 41.6 Å². The molecule has 0 spiro atoms. The molecule has 0 atom stereocenters. The minimum absolute atomic E-state index is 0.0231. The van der Waals surface area contributed by atoms with Crippen molar-refractivity contribution in [1.82, 2.24) is 24.4 Å². The Morgan fingerprint density at radius 2 is 1.77 bits per heavy atom. The van der Waals surface area contributed by atoms with Gasteiger partial charge in [0.1, 0.15) is 13.7 Å². The third-order valence-corrected chi connectivity index (χ3v) is 6.06. The first-order chi connectivity index (χ1) is 16.9. The number of rotatable bonds is 4. The molecule has 2 aromatic carbocycles. The quantitative estimate of drug-likeness (QED) is 0.434. The number of fused-ring (bicyclic) bond motifs is 1. The van der Waals surface area contributed by atoms with Crippen LogP contribution in [0.1, 0.15) is 15.9 Å². The Morgan fingerprint density at radius 3 is 2.51 bits per heavy atom. The normalized spacial score (nSPS) is 13.9. The molecule has 174 valence electrons. The third-order valence-electron chi connectivity index (χ3n) is 6.06. The van der Waals surface area contributed by atoms with Gasteiger partial charge in [0.2, 0.25) is 5.95 Å². The van der Waals surface area contributed by atoms with Gasteiger partial charge >= 0.3 is 5.69 Å². The highest BCUT2D eigenvalue weighted by Gasteiger charge is 2.25. The number of halogens is 1. The van der Waals surface area contributed by atoms with E-state index in [0.717, 1.165) is 0 Å². The zero-order valence-electron chi connectivity index (χ0n) is 18.6. The third kappa shape index (κ3) is 4.32. The fourth-order valence-corrected chi connectivity index (χ4v) is 4.27. The highest BCUT2D eigenvalue weighted by molar-refractivity contribution is 6.38. The number of hydrogen-bond acceptors (Lipinski definition) is 6. The van der Waals surface area contributed by atoms with E-state index >= 15 is 0 Å². The molecule has 0 aliphatic carbocycles. The Morgan fingerprint density at radius 1 is 1.03 bits per heavy atom. The van der Waals surface area contributed by atoms with E-state index in [9.17, 15) is 18.8 Å². The molecule has 1 fully saturated rings. The summed E-state index contributed by atoms with van der Waals surface area (Å²) >= 11 is 0. The molecule has 11 heteroatoms.